The van der Waals surface area contributed by atoms with Crippen molar-refractivity contribution >= 4 is 11.6 Å². The number of nitrogens with two attached hydrogens (primary N) is 1. The SMILES string of the molecule is CC(=O)N1CCc2ccc(C(F)(F)F)c(N)c2C1. The molecular weight excluding hydrogens is 245 g/mol. The number of rotatable bonds is 0. The van der Waals surface area contributed by atoms with Crippen molar-refractivity contribution in [3.8, 4) is 0 Å². The number of hydrogen-bond acceptors (Lipinski definition) is 2. The van der Waals surface area contributed by atoms with Gasteiger partial charge in [-0.05, 0) is 23.6 Å². The van der Waals surface area contributed by atoms with Gasteiger partial charge in [-0.25, -0.2) is 0 Å². The fraction of sp³-hybridized carbons (Fsp3) is 0.417. The molecule has 1 aromatic rings. The van der Waals surface area contributed by atoms with Gasteiger partial charge >= 0.3 is 6.18 Å². The molecule has 0 fully saturated rings. The van der Waals surface area contributed by atoms with E-state index in [1.54, 1.807) is 0 Å². The molecule has 6 heteroatoms. The molecule has 98 valence electrons. The Morgan fingerprint density at radius 3 is 2.61 bits per heavy atom. The number of benzene rings is 1. The summed E-state index contributed by atoms with van der Waals surface area (Å²) in [5.41, 5.74) is 5.72. The number of amides is 1. The Morgan fingerprint density at radius 1 is 1.39 bits per heavy atom. The van der Waals surface area contributed by atoms with Crippen LogP contribution in [0.25, 0.3) is 0 Å². The lowest BCUT2D eigenvalue weighted by molar-refractivity contribution is -0.137. The van der Waals surface area contributed by atoms with Crippen LogP contribution in [0.3, 0.4) is 0 Å². The van der Waals surface area contributed by atoms with Gasteiger partial charge < -0.3 is 10.6 Å². The minimum absolute atomic E-state index is 0.153. The molecule has 0 saturated heterocycles. The quantitative estimate of drug-likeness (QED) is 0.725. The molecule has 3 nitrogen and oxygen atoms in total. The predicted molar refractivity (Wildman–Crippen MR) is 60.7 cm³/mol. The van der Waals surface area contributed by atoms with Gasteiger partial charge in [-0.1, -0.05) is 6.07 Å². The van der Waals surface area contributed by atoms with Gasteiger partial charge in [-0.3, -0.25) is 4.79 Å². The van der Waals surface area contributed by atoms with Gasteiger partial charge in [0.2, 0.25) is 5.91 Å². The minimum atomic E-state index is -4.46. The van der Waals surface area contributed by atoms with Crippen molar-refractivity contribution < 1.29 is 18.0 Å². The Balaban J connectivity index is 2.45. The third-order valence-corrected chi connectivity index (χ3v) is 3.20. The normalized spacial score (nSPS) is 15.4. The summed E-state index contributed by atoms with van der Waals surface area (Å²) in [7, 11) is 0. The lowest BCUT2D eigenvalue weighted by Crippen LogP contribution is -2.35. The first-order valence-electron chi connectivity index (χ1n) is 5.53. The van der Waals surface area contributed by atoms with Crippen molar-refractivity contribution in [3.05, 3.63) is 28.8 Å². The standard InChI is InChI=1S/C12H13F3N2O/c1-7(18)17-5-4-8-2-3-10(12(13,14)15)11(16)9(8)6-17/h2-3H,4-6,16H2,1H3. The summed E-state index contributed by atoms with van der Waals surface area (Å²) in [5.74, 6) is -0.155. The monoisotopic (exact) mass is 258 g/mol. The molecule has 0 aliphatic carbocycles. The van der Waals surface area contributed by atoms with Crippen LogP contribution in [0, 0.1) is 0 Å². The molecule has 1 amide bonds. The van der Waals surface area contributed by atoms with Crippen molar-refractivity contribution in [1.82, 2.24) is 4.90 Å². The van der Waals surface area contributed by atoms with Gasteiger partial charge in [0, 0.05) is 25.7 Å². The van der Waals surface area contributed by atoms with Crippen molar-refractivity contribution in [1.29, 1.82) is 0 Å². The number of nitrogen functional groups attached to an aromatic ring is 1. The van der Waals surface area contributed by atoms with Crippen LogP contribution in [-0.2, 0) is 23.9 Å². The highest BCUT2D eigenvalue weighted by atomic mass is 19.4. The highest BCUT2D eigenvalue weighted by molar-refractivity contribution is 5.74. The van der Waals surface area contributed by atoms with Crippen molar-refractivity contribution in [2.75, 3.05) is 12.3 Å². The largest absolute Gasteiger partial charge is 0.418 e. The molecule has 2 rings (SSSR count). The maximum absolute atomic E-state index is 12.7. The van der Waals surface area contributed by atoms with Crippen LogP contribution in [0.2, 0.25) is 0 Å². The summed E-state index contributed by atoms with van der Waals surface area (Å²) < 4.78 is 38.1. The van der Waals surface area contributed by atoms with E-state index in [1.807, 2.05) is 0 Å². The molecule has 0 saturated carbocycles. The Labute approximate surface area is 102 Å². The molecule has 1 aliphatic rings. The molecule has 2 N–H and O–H groups in total. The molecule has 0 spiro atoms. The number of nitrogens with zero attached hydrogens (tertiary/aromatic N) is 1. The van der Waals surface area contributed by atoms with Gasteiger partial charge in [0.15, 0.2) is 0 Å². The van der Waals surface area contributed by atoms with Crippen molar-refractivity contribution in [2.24, 2.45) is 0 Å². The average molecular weight is 258 g/mol. The first-order valence-corrected chi connectivity index (χ1v) is 5.53. The fourth-order valence-electron chi connectivity index (χ4n) is 2.17. The van der Waals surface area contributed by atoms with Gasteiger partial charge in [0.25, 0.3) is 0 Å². The lowest BCUT2D eigenvalue weighted by atomic mass is 9.95. The summed E-state index contributed by atoms with van der Waals surface area (Å²) in [4.78, 5) is 12.8. The lowest BCUT2D eigenvalue weighted by Gasteiger charge is -2.29. The van der Waals surface area contributed by atoms with E-state index in [-0.39, 0.29) is 18.1 Å². The zero-order valence-electron chi connectivity index (χ0n) is 9.84. The maximum atomic E-state index is 12.7. The fourth-order valence-corrected chi connectivity index (χ4v) is 2.17. The summed E-state index contributed by atoms with van der Waals surface area (Å²) in [6.07, 6.45) is -3.92. The van der Waals surface area contributed by atoms with Crippen molar-refractivity contribution in [3.63, 3.8) is 0 Å². The van der Waals surface area contributed by atoms with E-state index >= 15 is 0 Å². The Kier molecular flexibility index (Phi) is 2.96. The Morgan fingerprint density at radius 2 is 2.06 bits per heavy atom. The van der Waals surface area contributed by atoms with Crippen LogP contribution in [0.5, 0.6) is 0 Å². The molecule has 18 heavy (non-hydrogen) atoms. The van der Waals surface area contributed by atoms with E-state index in [0.29, 0.717) is 18.5 Å². The molecule has 0 atom stereocenters. The van der Waals surface area contributed by atoms with Crippen LogP contribution in [0.1, 0.15) is 23.6 Å². The van der Waals surface area contributed by atoms with Gasteiger partial charge in [-0.2, -0.15) is 13.2 Å². The van der Waals surface area contributed by atoms with E-state index in [4.69, 9.17) is 5.73 Å². The number of fused-ring (bicyclic) bond motifs is 1. The van der Waals surface area contributed by atoms with Crippen LogP contribution in [-0.4, -0.2) is 17.4 Å². The summed E-state index contributed by atoms with van der Waals surface area (Å²) in [5, 5.41) is 0. The van der Waals surface area contributed by atoms with E-state index < -0.39 is 11.7 Å². The van der Waals surface area contributed by atoms with Gasteiger partial charge in [0.05, 0.1) is 5.56 Å². The first kappa shape index (κ1) is 12.7. The average Bonchev–Trinajstić information content (AvgIpc) is 2.27. The third kappa shape index (κ3) is 2.14. The number of carbonyl (C=O) groups is 1. The Bertz CT molecular complexity index is 497. The minimum Gasteiger partial charge on any atom is -0.398 e. The molecule has 0 aromatic heterocycles. The zero-order valence-corrected chi connectivity index (χ0v) is 9.84. The number of anilines is 1. The topological polar surface area (TPSA) is 46.3 Å². The smallest absolute Gasteiger partial charge is 0.398 e. The zero-order chi connectivity index (χ0) is 13.5. The first-order chi connectivity index (χ1) is 8.30. The molecule has 0 radical (unpaired) electrons. The highest BCUT2D eigenvalue weighted by Gasteiger charge is 2.35. The van der Waals surface area contributed by atoms with E-state index in [0.717, 1.165) is 11.6 Å². The van der Waals surface area contributed by atoms with Crippen LogP contribution in [0.15, 0.2) is 12.1 Å². The van der Waals surface area contributed by atoms with Gasteiger partial charge in [-0.15, -0.1) is 0 Å². The molecule has 1 aliphatic heterocycles. The Hall–Kier alpha value is -1.72. The summed E-state index contributed by atoms with van der Waals surface area (Å²) in [6.45, 7) is 2.07. The van der Waals surface area contributed by atoms with E-state index in [2.05, 4.69) is 0 Å². The molecule has 0 unspecified atom stereocenters. The second-order valence-electron chi connectivity index (χ2n) is 4.35. The summed E-state index contributed by atoms with van der Waals surface area (Å²) >= 11 is 0. The number of hydrogen-bond donors (Lipinski definition) is 1. The number of halogens is 3. The van der Waals surface area contributed by atoms with Crippen molar-refractivity contribution in [2.45, 2.75) is 26.1 Å². The summed E-state index contributed by atoms with van der Waals surface area (Å²) in [6, 6.07) is 2.46. The number of carbonyl (C=O) groups excluding carboxylic acids is 1. The highest BCUT2D eigenvalue weighted by Crippen LogP contribution is 2.37. The second kappa shape index (κ2) is 4.19. The molecule has 0 bridgehead atoms. The van der Waals surface area contributed by atoms with Crippen LogP contribution in [0.4, 0.5) is 18.9 Å². The molecule has 1 heterocycles. The van der Waals surface area contributed by atoms with Crippen LogP contribution < -0.4 is 5.73 Å². The maximum Gasteiger partial charge on any atom is 0.418 e. The predicted octanol–water partition coefficient (Wildman–Crippen LogP) is 2.19. The van der Waals surface area contributed by atoms with E-state index in [1.165, 1.54) is 17.9 Å². The number of alkyl halides is 3. The third-order valence-electron chi connectivity index (χ3n) is 3.20. The molecular formula is C12H13F3N2O. The van der Waals surface area contributed by atoms with E-state index in [9.17, 15) is 18.0 Å². The van der Waals surface area contributed by atoms with Gasteiger partial charge in [0.1, 0.15) is 0 Å². The second-order valence-corrected chi connectivity index (χ2v) is 4.35. The molecule has 1 aromatic carbocycles. The van der Waals surface area contributed by atoms with Crippen LogP contribution >= 0.6 is 0 Å².